The Labute approximate surface area is 480 Å². The van der Waals surface area contributed by atoms with Gasteiger partial charge < -0.3 is 43.8 Å². The van der Waals surface area contributed by atoms with E-state index in [1.54, 1.807) is 0 Å². The topological polar surface area (TPSA) is 129 Å². The van der Waals surface area contributed by atoms with Crippen LogP contribution in [-0.2, 0) is 58.8 Å². The minimum Gasteiger partial charge on any atom is -0.400 e. The fraction of sp³-hybridized carbons (Fsp3) is 0.290. The molecular weight excluding hydrogens is 1300 g/mol. The molecule has 76 heavy (non-hydrogen) atoms. The van der Waals surface area contributed by atoms with E-state index in [1.807, 2.05) is 168 Å². The van der Waals surface area contributed by atoms with Gasteiger partial charge in [0.25, 0.3) is 0 Å². The normalized spacial score (nSPS) is 14.8. The molecule has 6 heterocycles. The van der Waals surface area contributed by atoms with Crippen LogP contribution in [0, 0.1) is 45.9 Å². The summed E-state index contributed by atoms with van der Waals surface area (Å²) in [6, 6.07) is 55.5. The number of aliphatic hydroxyl groups excluding tert-OH is 2. The van der Waals surface area contributed by atoms with Crippen LogP contribution in [0.1, 0.15) is 77.6 Å². The second-order valence-corrected chi connectivity index (χ2v) is 19.6. The molecule has 4 aromatic heterocycles. The average molecular weight is 1370 g/mol. The molecule has 0 spiro atoms. The third kappa shape index (κ3) is 17.3. The van der Waals surface area contributed by atoms with E-state index in [4.69, 9.17) is 28.8 Å². The van der Waals surface area contributed by atoms with E-state index in [-0.39, 0.29) is 76.9 Å². The molecule has 402 valence electrons. The third-order valence-electron chi connectivity index (χ3n) is 13.4. The molecule has 0 amide bonds. The van der Waals surface area contributed by atoms with Crippen LogP contribution in [0.2, 0.25) is 0 Å². The molecule has 0 aliphatic carbocycles. The largest absolute Gasteiger partial charge is 0.496 e. The predicted octanol–water partition coefficient (Wildman–Crippen LogP) is 11.4. The number of hydrogen-bond donors (Lipinski definition) is 2. The molecule has 10 nitrogen and oxygen atoms in total. The molecule has 2 saturated heterocycles. The number of aryl methyl sites for hydroxylation is 4. The van der Waals surface area contributed by atoms with Crippen LogP contribution >= 0.6 is 0 Å². The zero-order chi connectivity index (χ0) is 54.1. The second kappa shape index (κ2) is 30.0. The standard InChI is InChI=1S/C17H20BNO2.C17H19BNO2.2C13H12N.2CH4O.2Ir/c2*1-16(2)17(3,4)21-18(20-16)14-10-11-15(19-12-14)13-8-6-5-7-9-13;2*1-10-8-13(14-9-11(10)2)12-6-4-3-5-7-12;2*1-2;;/h5-12H,1-4H3;5-8,10-12H,1-4H3;2*3-6,8-9H,1-2H3;2*2H,1H3;;/q;3*-1;;;;. The Morgan fingerprint density at radius 3 is 0.987 bits per heavy atom. The van der Waals surface area contributed by atoms with E-state index in [9.17, 15) is 0 Å². The van der Waals surface area contributed by atoms with E-state index < -0.39 is 0 Å². The fourth-order valence-electron chi connectivity index (χ4n) is 7.19. The van der Waals surface area contributed by atoms with Crippen molar-refractivity contribution >= 4 is 25.2 Å². The monoisotopic (exact) mass is 1380 g/mol. The van der Waals surface area contributed by atoms with Gasteiger partial charge in [0.1, 0.15) is 0 Å². The maximum atomic E-state index is 7.00. The summed E-state index contributed by atoms with van der Waals surface area (Å²) in [6.07, 6.45) is 7.47. The maximum absolute atomic E-state index is 7.00. The average Bonchev–Trinajstić information content (AvgIpc) is 3.79. The van der Waals surface area contributed by atoms with Gasteiger partial charge in [-0.2, -0.15) is 0 Å². The summed E-state index contributed by atoms with van der Waals surface area (Å²) in [7, 11) is 1.28. The first-order valence-corrected chi connectivity index (χ1v) is 24.7. The van der Waals surface area contributed by atoms with Crippen molar-refractivity contribution in [2.75, 3.05) is 14.2 Å². The predicted molar refractivity (Wildman–Crippen MR) is 302 cm³/mol. The summed E-state index contributed by atoms with van der Waals surface area (Å²) in [5.74, 6) is 0. The maximum Gasteiger partial charge on any atom is 0.496 e. The Kier molecular flexibility index (Phi) is 25.6. The van der Waals surface area contributed by atoms with Gasteiger partial charge in [0, 0.05) is 90.2 Å². The number of aliphatic hydroxyl groups is 2. The Morgan fingerprint density at radius 2 is 0.684 bits per heavy atom. The van der Waals surface area contributed by atoms with Crippen molar-refractivity contribution in [1.29, 1.82) is 0 Å². The summed E-state index contributed by atoms with van der Waals surface area (Å²) < 4.78 is 24.1. The molecule has 2 aliphatic rings. The Hall–Kier alpha value is -5.33. The minimum atomic E-state index is -0.365. The zero-order valence-electron chi connectivity index (χ0n) is 46.2. The molecule has 4 aromatic carbocycles. The third-order valence-corrected chi connectivity index (χ3v) is 13.4. The van der Waals surface area contributed by atoms with Gasteiger partial charge in [-0.1, -0.05) is 71.8 Å². The molecule has 2 fully saturated rings. The van der Waals surface area contributed by atoms with E-state index >= 15 is 0 Å². The summed E-state index contributed by atoms with van der Waals surface area (Å²) in [4.78, 5) is 17.8. The molecule has 14 heteroatoms. The molecule has 0 atom stereocenters. The van der Waals surface area contributed by atoms with Crippen LogP contribution in [0.5, 0.6) is 0 Å². The van der Waals surface area contributed by atoms with Gasteiger partial charge in [-0.05, 0) is 123 Å². The van der Waals surface area contributed by atoms with Crippen molar-refractivity contribution in [1.82, 2.24) is 19.9 Å². The van der Waals surface area contributed by atoms with Crippen molar-refractivity contribution in [3.8, 4) is 45.0 Å². The van der Waals surface area contributed by atoms with Crippen molar-refractivity contribution in [3.05, 3.63) is 205 Å². The van der Waals surface area contributed by atoms with Crippen LogP contribution in [0.3, 0.4) is 0 Å². The van der Waals surface area contributed by atoms with Gasteiger partial charge in [0.2, 0.25) is 0 Å². The fourth-order valence-corrected chi connectivity index (χ4v) is 7.19. The van der Waals surface area contributed by atoms with Crippen molar-refractivity contribution < 1.29 is 69.0 Å². The molecule has 10 rings (SSSR count). The van der Waals surface area contributed by atoms with Gasteiger partial charge in [-0.3, -0.25) is 4.98 Å². The second-order valence-electron chi connectivity index (χ2n) is 19.6. The molecule has 2 radical (unpaired) electrons. The van der Waals surface area contributed by atoms with Crippen LogP contribution in [-0.4, -0.2) is 81.0 Å². The first-order valence-electron chi connectivity index (χ1n) is 24.7. The Balaban J connectivity index is 0.000000263. The SMILES string of the molecule is CC1(C)OB(c2ccc(-c3[c-]cccc3)nc2)OC1(C)C.CC1(C)OB(c2ccc(-c3ccccc3)nc2)OC1(C)C.CO.CO.Cc1cnc(-c2[c-]cccc2)cc1C.Cc1cnc(-c2[c-]cccc2)cc1C.[Ir].[Ir]. The van der Waals surface area contributed by atoms with Crippen LogP contribution in [0.15, 0.2) is 164 Å². The number of pyridine rings is 4. The molecule has 2 N–H and O–H groups in total. The van der Waals surface area contributed by atoms with Crippen LogP contribution in [0.25, 0.3) is 45.0 Å². The van der Waals surface area contributed by atoms with E-state index in [0.29, 0.717) is 0 Å². The molecule has 0 unspecified atom stereocenters. The van der Waals surface area contributed by atoms with Gasteiger partial charge in [-0.25, -0.2) is 0 Å². The number of rotatable bonds is 6. The van der Waals surface area contributed by atoms with Gasteiger partial charge in [0.05, 0.1) is 28.1 Å². The number of benzene rings is 4. The smallest absolute Gasteiger partial charge is 0.400 e. The van der Waals surface area contributed by atoms with Crippen molar-refractivity contribution in [3.63, 3.8) is 0 Å². The van der Waals surface area contributed by atoms with Crippen LogP contribution < -0.4 is 10.9 Å². The molecule has 8 aromatic rings. The molecule has 0 saturated carbocycles. The summed E-state index contributed by atoms with van der Waals surface area (Å²) in [6.45, 7) is 24.8. The van der Waals surface area contributed by atoms with Gasteiger partial charge >= 0.3 is 14.2 Å². The molecule has 2 aliphatic heterocycles. The number of hydrogen-bond acceptors (Lipinski definition) is 10. The van der Waals surface area contributed by atoms with E-state index in [0.717, 1.165) is 70.2 Å². The van der Waals surface area contributed by atoms with Crippen molar-refractivity contribution in [2.24, 2.45) is 0 Å². The quantitative estimate of drug-likeness (QED) is 0.123. The first-order chi connectivity index (χ1) is 35.3. The Morgan fingerprint density at radius 1 is 0.368 bits per heavy atom. The zero-order valence-corrected chi connectivity index (χ0v) is 51.0. The van der Waals surface area contributed by atoms with E-state index in [2.05, 4.69) is 118 Å². The number of nitrogens with zero attached hydrogens (tertiary/aromatic N) is 4. The first kappa shape index (κ1) is 65.0. The van der Waals surface area contributed by atoms with Gasteiger partial charge in [-0.15, -0.1) is 108 Å². The summed E-state index contributed by atoms with van der Waals surface area (Å²) >= 11 is 0. The van der Waals surface area contributed by atoms with Crippen molar-refractivity contribution in [2.45, 2.75) is 105 Å². The Bertz CT molecular complexity index is 2710. The summed E-state index contributed by atoms with van der Waals surface area (Å²) in [5, 5.41) is 14.0. The van der Waals surface area contributed by atoms with Gasteiger partial charge in [0.15, 0.2) is 0 Å². The summed E-state index contributed by atoms with van der Waals surface area (Å²) in [5.41, 5.74) is 13.6. The molecular formula is C62H71B2Ir2N4O6-3. The van der Waals surface area contributed by atoms with Crippen LogP contribution in [0.4, 0.5) is 0 Å². The minimum absolute atomic E-state index is 0. The molecule has 0 bridgehead atoms. The number of aromatic nitrogens is 4. The van der Waals surface area contributed by atoms with E-state index in [1.165, 1.54) is 22.3 Å².